The lowest BCUT2D eigenvalue weighted by molar-refractivity contribution is -0.143. The van der Waals surface area contributed by atoms with Crippen molar-refractivity contribution in [3.05, 3.63) is 108 Å². The molecule has 3 amide bonds. The van der Waals surface area contributed by atoms with Crippen molar-refractivity contribution in [2.75, 3.05) is 5.32 Å². The number of amides is 3. The summed E-state index contributed by atoms with van der Waals surface area (Å²) >= 11 is 0. The lowest BCUT2D eigenvalue weighted by Crippen LogP contribution is -2.50. The largest absolute Gasteiger partial charge is 0.480 e. The maximum Gasteiger partial charge on any atom is 0.326 e. The van der Waals surface area contributed by atoms with E-state index in [4.69, 9.17) is 0 Å². The van der Waals surface area contributed by atoms with E-state index in [1.54, 1.807) is 36.5 Å². The first kappa shape index (κ1) is 26.6. The van der Waals surface area contributed by atoms with Gasteiger partial charge in [-0.2, -0.15) is 0 Å². The summed E-state index contributed by atoms with van der Waals surface area (Å²) in [5.74, 6) is -2.07. The van der Waals surface area contributed by atoms with Gasteiger partial charge in [-0.1, -0.05) is 60.7 Å². The minimum Gasteiger partial charge on any atom is -0.480 e. The molecule has 0 aliphatic carbocycles. The van der Waals surface area contributed by atoms with Crippen LogP contribution in [0.4, 0.5) is 5.69 Å². The highest BCUT2D eigenvalue weighted by Gasteiger charge is 2.37. The van der Waals surface area contributed by atoms with E-state index in [1.165, 1.54) is 4.90 Å². The van der Waals surface area contributed by atoms with Crippen LogP contribution in [0.5, 0.6) is 0 Å². The van der Waals surface area contributed by atoms with Crippen LogP contribution >= 0.6 is 0 Å². The van der Waals surface area contributed by atoms with Gasteiger partial charge in [0.1, 0.15) is 12.1 Å². The van der Waals surface area contributed by atoms with Crippen molar-refractivity contribution in [2.45, 2.75) is 37.9 Å². The highest BCUT2D eigenvalue weighted by Crippen LogP contribution is 2.23. The summed E-state index contributed by atoms with van der Waals surface area (Å²) in [7, 11) is 0. The fourth-order valence-corrected chi connectivity index (χ4v) is 4.90. The highest BCUT2D eigenvalue weighted by atomic mass is 16.4. The van der Waals surface area contributed by atoms with E-state index in [2.05, 4.69) is 15.6 Å². The predicted octanol–water partition coefficient (Wildman–Crippen LogP) is 3.79. The van der Waals surface area contributed by atoms with Gasteiger partial charge >= 0.3 is 5.97 Å². The molecule has 9 heteroatoms. The normalized spacial score (nSPS) is 15.6. The Balaban J connectivity index is 1.22. The van der Waals surface area contributed by atoms with Crippen molar-refractivity contribution in [3.8, 4) is 0 Å². The topological polar surface area (TPSA) is 129 Å². The number of hydrogen-bond acceptors (Lipinski definition) is 5. The number of carbonyl (C=O) groups excluding carboxylic acids is 3. The number of aromatic nitrogens is 1. The number of likely N-dealkylation sites (tertiary alicyclic amines) is 1. The molecule has 1 aliphatic rings. The Hall–Kier alpha value is -5.05. The van der Waals surface area contributed by atoms with Crippen molar-refractivity contribution < 1.29 is 24.3 Å². The standard InChI is InChI=1S/C31H28N4O5/c36-28-15-14-27(35(28)19-21-6-2-1-3-7-21)30(38)34-26(31(39)40)18-20-10-12-22(13-11-20)33-29(37)24-16-17-32-25-9-5-4-8-23(24)25/h1-13,16-17,26-27H,14-15,18-19H2,(H,33,37)(H,34,38)(H,39,40)/t26-,27?/m0/s1. The zero-order chi connectivity index (χ0) is 28.1. The van der Waals surface area contributed by atoms with Crippen molar-refractivity contribution in [1.82, 2.24) is 15.2 Å². The third kappa shape index (κ3) is 5.99. The fraction of sp³-hybridized carbons (Fsp3) is 0.194. The average Bonchev–Trinajstić information content (AvgIpc) is 3.33. The van der Waals surface area contributed by atoms with Gasteiger partial charge in [0.15, 0.2) is 0 Å². The first-order chi connectivity index (χ1) is 19.4. The molecule has 202 valence electrons. The molecule has 3 aromatic carbocycles. The molecule has 1 aliphatic heterocycles. The van der Waals surface area contributed by atoms with Gasteiger partial charge in [0.2, 0.25) is 11.8 Å². The molecule has 5 rings (SSSR count). The van der Waals surface area contributed by atoms with E-state index >= 15 is 0 Å². The van der Waals surface area contributed by atoms with Crippen molar-refractivity contribution >= 4 is 40.3 Å². The van der Waals surface area contributed by atoms with E-state index in [9.17, 15) is 24.3 Å². The number of nitrogens with one attached hydrogen (secondary N) is 2. The molecule has 0 saturated carbocycles. The summed E-state index contributed by atoms with van der Waals surface area (Å²) in [4.78, 5) is 56.2. The van der Waals surface area contributed by atoms with Crippen molar-refractivity contribution in [3.63, 3.8) is 0 Å². The smallest absolute Gasteiger partial charge is 0.326 e. The number of anilines is 1. The molecule has 1 aromatic heterocycles. The van der Waals surface area contributed by atoms with Crippen LogP contribution < -0.4 is 10.6 Å². The molecule has 2 heterocycles. The second-order valence-electron chi connectivity index (χ2n) is 9.69. The molecule has 3 N–H and O–H groups in total. The summed E-state index contributed by atoms with van der Waals surface area (Å²) in [6.07, 6.45) is 2.21. The van der Waals surface area contributed by atoms with Gasteiger partial charge in [-0.15, -0.1) is 0 Å². The van der Waals surface area contributed by atoms with E-state index < -0.39 is 24.0 Å². The summed E-state index contributed by atoms with van der Waals surface area (Å²) in [5, 5.41) is 16.0. The number of aliphatic carboxylic acids is 1. The van der Waals surface area contributed by atoms with Gasteiger partial charge < -0.3 is 20.6 Å². The van der Waals surface area contributed by atoms with E-state index in [-0.39, 0.29) is 31.2 Å². The lowest BCUT2D eigenvalue weighted by Gasteiger charge is -2.26. The van der Waals surface area contributed by atoms with Gasteiger partial charge in [-0.05, 0) is 41.8 Å². The third-order valence-electron chi connectivity index (χ3n) is 6.99. The van der Waals surface area contributed by atoms with Gasteiger partial charge in [-0.25, -0.2) is 4.79 Å². The fourth-order valence-electron chi connectivity index (χ4n) is 4.90. The number of nitrogens with zero attached hydrogens (tertiary/aromatic N) is 2. The summed E-state index contributed by atoms with van der Waals surface area (Å²) in [5.41, 5.74) is 3.33. The molecule has 2 atom stereocenters. The third-order valence-corrected chi connectivity index (χ3v) is 6.99. The number of pyridine rings is 1. The zero-order valence-corrected chi connectivity index (χ0v) is 21.6. The van der Waals surface area contributed by atoms with Gasteiger partial charge in [0.25, 0.3) is 5.91 Å². The molecule has 1 unspecified atom stereocenters. The minimum absolute atomic E-state index is 0.0453. The van der Waals surface area contributed by atoms with Crippen molar-refractivity contribution in [1.29, 1.82) is 0 Å². The number of para-hydroxylation sites is 1. The number of hydrogen-bond donors (Lipinski definition) is 3. The Morgan fingerprint density at radius 3 is 2.40 bits per heavy atom. The van der Waals surface area contributed by atoms with Crippen LogP contribution in [0.15, 0.2) is 91.1 Å². The molecule has 0 spiro atoms. The second kappa shape index (κ2) is 11.8. The van der Waals surface area contributed by atoms with Crippen LogP contribution in [0.3, 0.4) is 0 Å². The molecule has 0 radical (unpaired) electrons. The summed E-state index contributed by atoms with van der Waals surface area (Å²) < 4.78 is 0. The number of carboxylic acids is 1. The first-order valence-corrected chi connectivity index (χ1v) is 13.0. The van der Waals surface area contributed by atoms with Crippen LogP contribution in [0.2, 0.25) is 0 Å². The van der Waals surface area contributed by atoms with E-state index in [0.717, 1.165) is 16.5 Å². The molecule has 1 saturated heterocycles. The van der Waals surface area contributed by atoms with Crippen molar-refractivity contribution in [2.24, 2.45) is 0 Å². The maximum absolute atomic E-state index is 13.1. The summed E-state index contributed by atoms with van der Waals surface area (Å²) in [6, 6.07) is 23.3. The lowest BCUT2D eigenvalue weighted by atomic mass is 10.0. The number of benzene rings is 3. The Kier molecular flexibility index (Phi) is 7.82. The van der Waals surface area contributed by atoms with Crippen LogP contribution in [0.25, 0.3) is 10.9 Å². The van der Waals surface area contributed by atoms with Crippen LogP contribution in [0.1, 0.15) is 34.3 Å². The molecule has 1 fully saturated rings. The molecule has 0 bridgehead atoms. The second-order valence-corrected chi connectivity index (χ2v) is 9.69. The van der Waals surface area contributed by atoms with Crippen LogP contribution in [-0.4, -0.2) is 50.8 Å². The zero-order valence-electron chi connectivity index (χ0n) is 21.6. The van der Waals surface area contributed by atoms with Crippen LogP contribution in [0, 0.1) is 0 Å². The first-order valence-electron chi connectivity index (χ1n) is 13.0. The molecule has 40 heavy (non-hydrogen) atoms. The monoisotopic (exact) mass is 536 g/mol. The quantitative estimate of drug-likeness (QED) is 0.299. The number of carboxylic acid groups (broad SMARTS) is 1. The SMILES string of the molecule is O=C(Nc1ccc(C[C@H](NC(=O)C2CCC(=O)N2Cc2ccccc2)C(=O)O)cc1)c1ccnc2ccccc12. The summed E-state index contributed by atoms with van der Waals surface area (Å²) in [6.45, 7) is 0.290. The van der Waals surface area contributed by atoms with Gasteiger partial charge in [0.05, 0.1) is 11.1 Å². The Bertz CT molecular complexity index is 1550. The predicted molar refractivity (Wildman–Crippen MR) is 149 cm³/mol. The molecule has 9 nitrogen and oxygen atoms in total. The van der Waals surface area contributed by atoms with E-state index in [1.807, 2.05) is 54.6 Å². The Morgan fingerprint density at radius 1 is 0.925 bits per heavy atom. The van der Waals surface area contributed by atoms with Gasteiger partial charge in [-0.3, -0.25) is 19.4 Å². The Labute approximate surface area is 230 Å². The number of rotatable bonds is 9. The molecule has 4 aromatic rings. The highest BCUT2D eigenvalue weighted by molar-refractivity contribution is 6.12. The number of fused-ring (bicyclic) bond motifs is 1. The van der Waals surface area contributed by atoms with E-state index in [0.29, 0.717) is 23.2 Å². The van der Waals surface area contributed by atoms with Crippen LogP contribution in [-0.2, 0) is 27.3 Å². The van der Waals surface area contributed by atoms with Gasteiger partial charge in [0, 0.05) is 36.7 Å². The molecular weight excluding hydrogens is 508 g/mol. The number of carbonyl (C=O) groups is 4. The average molecular weight is 537 g/mol. The Morgan fingerprint density at radius 2 is 1.65 bits per heavy atom. The molecular formula is C31H28N4O5. The maximum atomic E-state index is 13.1. The minimum atomic E-state index is -1.18.